The van der Waals surface area contributed by atoms with Gasteiger partial charge in [-0.2, -0.15) is 0 Å². The highest BCUT2D eigenvalue weighted by Gasteiger charge is 2.14. The van der Waals surface area contributed by atoms with Gasteiger partial charge in [-0.05, 0) is 29.3 Å². The van der Waals surface area contributed by atoms with Gasteiger partial charge in [0.25, 0.3) is 0 Å². The summed E-state index contributed by atoms with van der Waals surface area (Å²) in [5.41, 5.74) is 0. The van der Waals surface area contributed by atoms with Gasteiger partial charge >= 0.3 is 0 Å². The third-order valence-electron chi connectivity index (χ3n) is 2.23. The van der Waals surface area contributed by atoms with E-state index in [4.69, 9.17) is 4.74 Å². The summed E-state index contributed by atoms with van der Waals surface area (Å²) in [6, 6.07) is 0. The summed E-state index contributed by atoms with van der Waals surface area (Å²) < 4.78 is 6.26. The maximum absolute atomic E-state index is 5.38. The number of hydrogen-bond donors (Lipinski definition) is 1. The number of anilines is 1. The average molecular weight is 288 g/mol. The Morgan fingerprint density at radius 2 is 2.25 bits per heavy atom. The van der Waals surface area contributed by atoms with Crippen LogP contribution in [0.25, 0.3) is 0 Å². The molecule has 1 atom stereocenters. The standard InChI is InChI=1S/C11H18BrN3O/c1-4-6-9(16-3)11-14-7-8(12)10(15-11)13-5-2/h7,9H,4-6H2,1-3H3,(H,13,14,15). The van der Waals surface area contributed by atoms with Gasteiger partial charge in [0, 0.05) is 19.9 Å². The number of nitrogens with one attached hydrogen (secondary N) is 1. The molecule has 0 aliphatic rings. The quantitative estimate of drug-likeness (QED) is 0.873. The maximum atomic E-state index is 5.38. The van der Waals surface area contributed by atoms with Crippen LogP contribution in [0.2, 0.25) is 0 Å². The maximum Gasteiger partial charge on any atom is 0.159 e. The normalized spacial score (nSPS) is 12.5. The molecule has 0 amide bonds. The van der Waals surface area contributed by atoms with Crippen LogP contribution in [-0.4, -0.2) is 23.6 Å². The van der Waals surface area contributed by atoms with Gasteiger partial charge in [0.15, 0.2) is 5.82 Å². The Balaban J connectivity index is 2.91. The Labute approximate surface area is 105 Å². The van der Waals surface area contributed by atoms with E-state index in [2.05, 4.69) is 38.1 Å². The van der Waals surface area contributed by atoms with E-state index in [0.717, 1.165) is 35.5 Å². The summed E-state index contributed by atoms with van der Waals surface area (Å²) >= 11 is 3.41. The van der Waals surface area contributed by atoms with E-state index in [0.29, 0.717) is 0 Å². The van der Waals surface area contributed by atoms with Crippen molar-refractivity contribution in [2.75, 3.05) is 19.0 Å². The van der Waals surface area contributed by atoms with Crippen LogP contribution < -0.4 is 5.32 Å². The molecule has 1 N–H and O–H groups in total. The SMILES string of the molecule is CCCC(OC)c1ncc(Br)c(NCC)n1. The molecule has 1 rings (SSSR count). The van der Waals surface area contributed by atoms with Crippen LogP contribution in [0.5, 0.6) is 0 Å². The second-order valence-electron chi connectivity index (χ2n) is 3.47. The van der Waals surface area contributed by atoms with Crippen molar-refractivity contribution in [3.05, 3.63) is 16.5 Å². The van der Waals surface area contributed by atoms with Gasteiger partial charge in [-0.15, -0.1) is 0 Å². The molecule has 0 aliphatic heterocycles. The fourth-order valence-electron chi connectivity index (χ4n) is 1.44. The topological polar surface area (TPSA) is 47.0 Å². The molecule has 1 heterocycles. The van der Waals surface area contributed by atoms with Crippen LogP contribution in [0, 0.1) is 0 Å². The number of halogens is 1. The Bertz CT molecular complexity index is 333. The Morgan fingerprint density at radius 1 is 1.50 bits per heavy atom. The minimum Gasteiger partial charge on any atom is -0.373 e. The predicted molar refractivity (Wildman–Crippen MR) is 68.6 cm³/mol. The molecule has 0 spiro atoms. The van der Waals surface area contributed by atoms with Gasteiger partial charge in [-0.1, -0.05) is 13.3 Å². The van der Waals surface area contributed by atoms with E-state index >= 15 is 0 Å². The first kappa shape index (κ1) is 13.4. The highest BCUT2D eigenvalue weighted by Crippen LogP contribution is 2.24. The van der Waals surface area contributed by atoms with E-state index in [-0.39, 0.29) is 6.10 Å². The second kappa shape index (κ2) is 6.81. The molecular weight excluding hydrogens is 270 g/mol. The minimum absolute atomic E-state index is 0.0180. The lowest BCUT2D eigenvalue weighted by Gasteiger charge is -2.14. The van der Waals surface area contributed by atoms with Crippen LogP contribution in [-0.2, 0) is 4.74 Å². The molecule has 0 aliphatic carbocycles. The third kappa shape index (κ3) is 3.42. The first-order valence-electron chi connectivity index (χ1n) is 5.52. The van der Waals surface area contributed by atoms with Crippen molar-refractivity contribution in [2.45, 2.75) is 32.8 Å². The lowest BCUT2D eigenvalue weighted by molar-refractivity contribution is 0.0877. The van der Waals surface area contributed by atoms with Crippen molar-refractivity contribution in [2.24, 2.45) is 0 Å². The van der Waals surface area contributed by atoms with Crippen molar-refractivity contribution >= 4 is 21.7 Å². The summed E-state index contributed by atoms with van der Waals surface area (Å²) in [6.07, 6.45) is 3.73. The molecule has 1 aromatic heterocycles. The number of aromatic nitrogens is 2. The van der Waals surface area contributed by atoms with Crippen LogP contribution >= 0.6 is 15.9 Å². The summed E-state index contributed by atoms with van der Waals surface area (Å²) in [5, 5.41) is 3.18. The molecule has 4 nitrogen and oxygen atoms in total. The molecule has 0 radical (unpaired) electrons. The molecule has 1 aromatic rings. The molecular formula is C11H18BrN3O. The highest BCUT2D eigenvalue weighted by atomic mass is 79.9. The number of nitrogens with zero attached hydrogens (tertiary/aromatic N) is 2. The molecule has 0 bridgehead atoms. The first-order chi connectivity index (χ1) is 7.72. The van der Waals surface area contributed by atoms with Crippen LogP contribution in [0.3, 0.4) is 0 Å². The van der Waals surface area contributed by atoms with Crippen LogP contribution in [0.4, 0.5) is 5.82 Å². The van der Waals surface area contributed by atoms with Crippen molar-refractivity contribution in [3.8, 4) is 0 Å². The van der Waals surface area contributed by atoms with Crippen molar-refractivity contribution in [3.63, 3.8) is 0 Å². The summed E-state index contributed by atoms with van der Waals surface area (Å²) in [6.45, 7) is 4.99. The third-order valence-corrected chi connectivity index (χ3v) is 2.81. The van der Waals surface area contributed by atoms with Crippen molar-refractivity contribution in [1.29, 1.82) is 0 Å². The zero-order chi connectivity index (χ0) is 12.0. The average Bonchev–Trinajstić information content (AvgIpc) is 2.29. The number of methoxy groups -OCH3 is 1. The van der Waals surface area contributed by atoms with Gasteiger partial charge in [0.05, 0.1) is 4.47 Å². The van der Waals surface area contributed by atoms with E-state index < -0.39 is 0 Å². The van der Waals surface area contributed by atoms with Gasteiger partial charge in [0.1, 0.15) is 11.9 Å². The predicted octanol–water partition coefficient (Wildman–Crippen LogP) is 3.16. The van der Waals surface area contributed by atoms with Crippen molar-refractivity contribution in [1.82, 2.24) is 9.97 Å². The van der Waals surface area contributed by atoms with E-state index in [1.165, 1.54) is 0 Å². The van der Waals surface area contributed by atoms with E-state index in [1.807, 2.05) is 6.92 Å². The minimum atomic E-state index is -0.0180. The Morgan fingerprint density at radius 3 is 2.81 bits per heavy atom. The highest BCUT2D eigenvalue weighted by molar-refractivity contribution is 9.10. The number of rotatable bonds is 6. The lowest BCUT2D eigenvalue weighted by Crippen LogP contribution is -2.09. The van der Waals surface area contributed by atoms with E-state index in [1.54, 1.807) is 13.3 Å². The van der Waals surface area contributed by atoms with Crippen molar-refractivity contribution < 1.29 is 4.74 Å². The lowest BCUT2D eigenvalue weighted by atomic mass is 10.2. The summed E-state index contributed by atoms with van der Waals surface area (Å²) in [7, 11) is 1.69. The van der Waals surface area contributed by atoms with Crippen LogP contribution in [0.1, 0.15) is 38.6 Å². The zero-order valence-electron chi connectivity index (χ0n) is 9.96. The number of ether oxygens (including phenoxy) is 1. The van der Waals surface area contributed by atoms with Gasteiger partial charge in [-0.3, -0.25) is 0 Å². The molecule has 16 heavy (non-hydrogen) atoms. The monoisotopic (exact) mass is 287 g/mol. The zero-order valence-corrected chi connectivity index (χ0v) is 11.5. The molecule has 0 aromatic carbocycles. The largest absolute Gasteiger partial charge is 0.373 e. The van der Waals surface area contributed by atoms with E-state index in [9.17, 15) is 0 Å². The fraction of sp³-hybridized carbons (Fsp3) is 0.636. The summed E-state index contributed by atoms with van der Waals surface area (Å²) in [5.74, 6) is 1.56. The fourth-order valence-corrected chi connectivity index (χ4v) is 1.77. The molecule has 0 saturated carbocycles. The Hall–Kier alpha value is -0.680. The second-order valence-corrected chi connectivity index (χ2v) is 4.32. The van der Waals surface area contributed by atoms with Gasteiger partial charge in [0.2, 0.25) is 0 Å². The Kier molecular flexibility index (Phi) is 5.69. The summed E-state index contributed by atoms with van der Waals surface area (Å²) in [4.78, 5) is 8.75. The molecule has 5 heteroatoms. The van der Waals surface area contributed by atoms with Gasteiger partial charge < -0.3 is 10.1 Å². The van der Waals surface area contributed by atoms with Gasteiger partial charge in [-0.25, -0.2) is 9.97 Å². The molecule has 1 unspecified atom stereocenters. The first-order valence-corrected chi connectivity index (χ1v) is 6.31. The van der Waals surface area contributed by atoms with Crippen LogP contribution in [0.15, 0.2) is 10.7 Å². The molecule has 0 fully saturated rings. The molecule has 90 valence electrons. The smallest absolute Gasteiger partial charge is 0.159 e. The molecule has 0 saturated heterocycles. The number of hydrogen-bond acceptors (Lipinski definition) is 4.